The van der Waals surface area contributed by atoms with Crippen LogP contribution in [0.15, 0.2) is 6.20 Å². The third-order valence-corrected chi connectivity index (χ3v) is 2.04. The molecule has 0 aliphatic carbocycles. The molecule has 0 aliphatic heterocycles. The molecule has 0 saturated heterocycles. The fourth-order valence-corrected chi connectivity index (χ4v) is 1.47. The Labute approximate surface area is 96.4 Å². The van der Waals surface area contributed by atoms with Crippen LogP contribution in [-0.2, 0) is 11.3 Å². The molecular weight excluding hydrogens is 212 g/mol. The molecule has 1 aromatic rings. The number of ketones is 1. The van der Waals surface area contributed by atoms with Gasteiger partial charge in [-0.15, -0.1) is 0 Å². The molecular formula is C11H19ClN2O. The van der Waals surface area contributed by atoms with E-state index in [4.69, 9.17) is 11.6 Å². The van der Waals surface area contributed by atoms with Gasteiger partial charge in [0.15, 0.2) is 10.9 Å². The summed E-state index contributed by atoms with van der Waals surface area (Å²) in [5.41, 5.74) is 0.989. The lowest BCUT2D eigenvalue weighted by atomic mass is 10.1. The van der Waals surface area contributed by atoms with Gasteiger partial charge in [0.2, 0.25) is 0 Å². The fourth-order valence-electron chi connectivity index (χ4n) is 1.11. The van der Waals surface area contributed by atoms with Crippen molar-refractivity contribution in [3.05, 3.63) is 16.9 Å². The van der Waals surface area contributed by atoms with Gasteiger partial charge in [-0.1, -0.05) is 39.3 Å². The maximum atomic E-state index is 10.8. The van der Waals surface area contributed by atoms with Crippen molar-refractivity contribution in [2.45, 2.75) is 47.1 Å². The second kappa shape index (κ2) is 6.62. The van der Waals surface area contributed by atoms with Gasteiger partial charge in [0.1, 0.15) is 0 Å². The summed E-state index contributed by atoms with van der Waals surface area (Å²) in [5, 5.41) is 4.53. The molecule has 0 spiro atoms. The first-order valence-electron chi connectivity index (χ1n) is 5.23. The van der Waals surface area contributed by atoms with Gasteiger partial charge in [0.25, 0.3) is 0 Å². The fraction of sp³-hybridized carbons (Fsp3) is 0.636. The molecule has 0 fully saturated rings. The van der Waals surface area contributed by atoms with Crippen LogP contribution in [0, 0.1) is 0 Å². The van der Waals surface area contributed by atoms with Crippen molar-refractivity contribution in [1.82, 2.24) is 9.78 Å². The van der Waals surface area contributed by atoms with Crippen molar-refractivity contribution in [2.75, 3.05) is 0 Å². The van der Waals surface area contributed by atoms with E-state index in [0.717, 1.165) is 5.56 Å². The Hall–Kier alpha value is -0.830. The van der Waals surface area contributed by atoms with Crippen LogP contribution in [0.4, 0.5) is 0 Å². The topological polar surface area (TPSA) is 34.9 Å². The van der Waals surface area contributed by atoms with Gasteiger partial charge in [0.05, 0.1) is 6.54 Å². The third kappa shape index (κ3) is 4.47. The Morgan fingerprint density at radius 3 is 2.40 bits per heavy atom. The average Bonchev–Trinajstić information content (AvgIpc) is 2.49. The number of Topliss-reactive ketones (excluding diaryl/α,β-unsaturated/α-hetero) is 1. The summed E-state index contributed by atoms with van der Waals surface area (Å²) in [6.45, 7) is 9.92. The number of carbonyl (C=O) groups is 1. The molecule has 1 aromatic heterocycles. The lowest BCUT2D eigenvalue weighted by Crippen LogP contribution is -2.06. The zero-order valence-corrected chi connectivity index (χ0v) is 10.8. The second-order valence-electron chi connectivity index (χ2n) is 3.43. The zero-order valence-electron chi connectivity index (χ0n) is 10.0. The Morgan fingerprint density at radius 1 is 1.53 bits per heavy atom. The van der Waals surface area contributed by atoms with Crippen LogP contribution in [0.25, 0.3) is 0 Å². The molecule has 0 N–H and O–H groups in total. The lowest BCUT2D eigenvalue weighted by Gasteiger charge is -1.98. The maximum Gasteiger partial charge on any atom is 0.154 e. The quantitative estimate of drug-likeness (QED) is 0.799. The largest absolute Gasteiger partial charge is 0.298 e. The number of nitrogens with zero attached hydrogens (tertiary/aromatic N) is 2. The molecule has 0 atom stereocenters. The molecule has 0 saturated carbocycles. The van der Waals surface area contributed by atoms with Gasteiger partial charge >= 0.3 is 0 Å². The number of hydrogen-bond acceptors (Lipinski definition) is 2. The summed E-state index contributed by atoms with van der Waals surface area (Å²) in [7, 11) is 0. The van der Waals surface area contributed by atoms with Crippen LogP contribution in [0.2, 0.25) is 5.15 Å². The van der Waals surface area contributed by atoms with Crippen LogP contribution < -0.4 is 0 Å². The van der Waals surface area contributed by atoms with E-state index in [1.807, 2.05) is 33.9 Å². The minimum Gasteiger partial charge on any atom is -0.298 e. The molecule has 0 bridgehead atoms. The van der Waals surface area contributed by atoms with Gasteiger partial charge in [-0.05, 0) is 12.8 Å². The first kappa shape index (κ1) is 14.2. The summed E-state index contributed by atoms with van der Waals surface area (Å²) in [5.74, 6) is 0.419. The van der Waals surface area contributed by atoms with Gasteiger partial charge in [0, 0.05) is 11.8 Å². The highest BCUT2D eigenvalue weighted by molar-refractivity contribution is 6.30. The monoisotopic (exact) mass is 230 g/mol. The van der Waals surface area contributed by atoms with Crippen molar-refractivity contribution < 1.29 is 4.79 Å². The molecule has 0 aliphatic rings. The Bertz CT molecular complexity index is 318. The van der Waals surface area contributed by atoms with Crippen LogP contribution in [0.3, 0.4) is 0 Å². The predicted octanol–water partition coefficient (Wildman–Crippen LogP) is 3.28. The van der Waals surface area contributed by atoms with E-state index in [1.54, 1.807) is 4.68 Å². The molecule has 0 amide bonds. The number of carbonyl (C=O) groups excluding carboxylic acids is 1. The van der Waals surface area contributed by atoms with Crippen molar-refractivity contribution in [3.8, 4) is 0 Å². The Kier molecular flexibility index (Phi) is 6.25. The summed E-state index contributed by atoms with van der Waals surface area (Å²) < 4.78 is 1.58. The van der Waals surface area contributed by atoms with E-state index >= 15 is 0 Å². The third-order valence-electron chi connectivity index (χ3n) is 1.75. The minimum absolute atomic E-state index is 0.0782. The average molecular weight is 231 g/mol. The highest BCUT2D eigenvalue weighted by atomic mass is 35.5. The summed E-state index contributed by atoms with van der Waals surface area (Å²) >= 11 is 5.88. The normalized spacial score (nSPS) is 9.80. The lowest BCUT2D eigenvalue weighted by molar-refractivity contribution is -0.117. The molecule has 4 heteroatoms. The molecule has 0 radical (unpaired) electrons. The van der Waals surface area contributed by atoms with Gasteiger partial charge in [-0.25, -0.2) is 0 Å². The maximum absolute atomic E-state index is 10.8. The highest BCUT2D eigenvalue weighted by Crippen LogP contribution is 2.22. The summed E-state index contributed by atoms with van der Waals surface area (Å²) in [6, 6.07) is 0. The molecule has 1 rings (SSSR count). The standard InChI is InChI=1S/C9H13ClN2O.C2H6/c1-6(2)8-5-12(4-7(3)13)11-9(8)10;1-2/h5-6H,4H2,1-3H3;1-2H3. The molecule has 86 valence electrons. The second-order valence-corrected chi connectivity index (χ2v) is 3.79. The highest BCUT2D eigenvalue weighted by Gasteiger charge is 2.10. The van der Waals surface area contributed by atoms with E-state index in [1.165, 1.54) is 6.92 Å². The van der Waals surface area contributed by atoms with Gasteiger partial charge in [-0.2, -0.15) is 5.10 Å². The van der Waals surface area contributed by atoms with E-state index in [0.29, 0.717) is 17.6 Å². The number of halogens is 1. The van der Waals surface area contributed by atoms with Gasteiger partial charge in [-0.3, -0.25) is 9.48 Å². The Morgan fingerprint density at radius 2 is 2.07 bits per heavy atom. The van der Waals surface area contributed by atoms with E-state index in [9.17, 15) is 4.79 Å². The van der Waals surface area contributed by atoms with Crippen LogP contribution >= 0.6 is 11.6 Å². The number of aromatic nitrogens is 2. The van der Waals surface area contributed by atoms with Crippen molar-refractivity contribution in [1.29, 1.82) is 0 Å². The molecule has 0 unspecified atom stereocenters. The van der Waals surface area contributed by atoms with E-state index in [2.05, 4.69) is 5.10 Å². The minimum atomic E-state index is 0.0782. The predicted molar refractivity (Wildman–Crippen MR) is 63.4 cm³/mol. The first-order valence-corrected chi connectivity index (χ1v) is 5.60. The SMILES string of the molecule is CC.CC(=O)Cn1cc(C(C)C)c(Cl)n1. The van der Waals surface area contributed by atoms with Crippen LogP contribution in [0.1, 0.15) is 46.1 Å². The molecule has 3 nitrogen and oxygen atoms in total. The summed E-state index contributed by atoms with van der Waals surface area (Å²) in [4.78, 5) is 10.8. The first-order chi connectivity index (χ1) is 7.00. The zero-order chi connectivity index (χ0) is 12.0. The Balaban J connectivity index is 0.000000921. The van der Waals surface area contributed by atoms with E-state index in [-0.39, 0.29) is 5.78 Å². The number of rotatable bonds is 3. The number of hydrogen-bond donors (Lipinski definition) is 0. The molecule has 1 heterocycles. The van der Waals surface area contributed by atoms with Crippen LogP contribution in [-0.4, -0.2) is 15.6 Å². The molecule has 15 heavy (non-hydrogen) atoms. The van der Waals surface area contributed by atoms with Crippen molar-refractivity contribution >= 4 is 17.4 Å². The van der Waals surface area contributed by atoms with Crippen LogP contribution in [0.5, 0.6) is 0 Å². The van der Waals surface area contributed by atoms with E-state index < -0.39 is 0 Å². The summed E-state index contributed by atoms with van der Waals surface area (Å²) in [6.07, 6.45) is 1.83. The molecule has 0 aromatic carbocycles. The van der Waals surface area contributed by atoms with Crippen molar-refractivity contribution in [2.24, 2.45) is 0 Å². The van der Waals surface area contributed by atoms with Crippen molar-refractivity contribution in [3.63, 3.8) is 0 Å². The van der Waals surface area contributed by atoms with Gasteiger partial charge < -0.3 is 0 Å². The smallest absolute Gasteiger partial charge is 0.154 e.